The molecule has 1 N–H and O–H groups in total. The molecule has 2 heterocycles. The molecule has 0 spiro atoms. The molecule has 2 aromatic rings. The molecule has 2 fully saturated rings. The van der Waals surface area contributed by atoms with E-state index in [1.807, 2.05) is 23.9 Å². The molecule has 1 atom stereocenters. The van der Waals surface area contributed by atoms with E-state index in [4.69, 9.17) is 0 Å². The molecule has 4 heteroatoms. The third-order valence-corrected chi connectivity index (χ3v) is 6.22. The zero-order chi connectivity index (χ0) is 13.0. The van der Waals surface area contributed by atoms with Crippen LogP contribution in [0.3, 0.4) is 0 Å². The fourth-order valence-corrected chi connectivity index (χ4v) is 4.81. The molecule has 0 amide bonds. The molecule has 4 rings (SSSR count). The van der Waals surface area contributed by atoms with Crippen molar-refractivity contribution in [3.05, 3.63) is 23.1 Å². The van der Waals surface area contributed by atoms with Gasteiger partial charge in [-0.25, -0.2) is 4.98 Å². The van der Waals surface area contributed by atoms with Gasteiger partial charge in [0.15, 0.2) is 0 Å². The Kier molecular flexibility index (Phi) is 2.55. The molecule has 2 aliphatic rings. The highest BCUT2D eigenvalue weighted by Gasteiger charge is 2.41. The molecule has 2 aliphatic carbocycles. The lowest BCUT2D eigenvalue weighted by Gasteiger charge is -2.30. The number of thiazole rings is 1. The van der Waals surface area contributed by atoms with Gasteiger partial charge in [0.2, 0.25) is 0 Å². The van der Waals surface area contributed by atoms with Crippen LogP contribution in [0.4, 0.5) is 0 Å². The molecular weight excluding hydrogens is 256 g/mol. The molecule has 0 unspecified atom stereocenters. The van der Waals surface area contributed by atoms with Crippen molar-refractivity contribution in [1.82, 2.24) is 9.38 Å². The Morgan fingerprint density at radius 3 is 2.84 bits per heavy atom. The van der Waals surface area contributed by atoms with Crippen LogP contribution in [0.1, 0.15) is 68.0 Å². The van der Waals surface area contributed by atoms with Crippen molar-refractivity contribution in [3.63, 3.8) is 0 Å². The van der Waals surface area contributed by atoms with Crippen LogP contribution in [-0.2, 0) is 0 Å². The maximum Gasteiger partial charge on any atom is 0.120 e. The number of hydrogen-bond donors (Lipinski definition) is 1. The van der Waals surface area contributed by atoms with Crippen molar-refractivity contribution in [1.29, 1.82) is 0 Å². The average molecular weight is 276 g/mol. The highest BCUT2D eigenvalue weighted by atomic mass is 32.1. The summed E-state index contributed by atoms with van der Waals surface area (Å²) in [6.07, 6.45) is 10.8. The fourth-order valence-electron chi connectivity index (χ4n) is 3.51. The Hall–Kier alpha value is -0.870. The van der Waals surface area contributed by atoms with Gasteiger partial charge in [0, 0.05) is 4.88 Å². The molecule has 3 nitrogen and oxygen atoms in total. The molecule has 2 saturated carbocycles. The van der Waals surface area contributed by atoms with Gasteiger partial charge in [0.25, 0.3) is 0 Å². The normalized spacial score (nSPS) is 24.1. The zero-order valence-corrected chi connectivity index (χ0v) is 12.1. The predicted molar refractivity (Wildman–Crippen MR) is 76.6 cm³/mol. The van der Waals surface area contributed by atoms with E-state index in [1.165, 1.54) is 35.4 Å². The van der Waals surface area contributed by atoms with Gasteiger partial charge in [0.05, 0.1) is 11.9 Å². The molecule has 0 bridgehead atoms. The second-order valence-electron chi connectivity index (χ2n) is 6.49. The second-order valence-corrected chi connectivity index (χ2v) is 7.55. The van der Waals surface area contributed by atoms with E-state index in [9.17, 15) is 5.11 Å². The van der Waals surface area contributed by atoms with Crippen molar-refractivity contribution in [3.8, 4) is 0 Å². The van der Waals surface area contributed by atoms with Crippen LogP contribution in [0.2, 0.25) is 0 Å². The van der Waals surface area contributed by atoms with Crippen molar-refractivity contribution >= 4 is 16.2 Å². The number of rotatable bonds is 3. The highest BCUT2D eigenvalue weighted by Crippen LogP contribution is 2.53. The first kappa shape index (κ1) is 11.9. The van der Waals surface area contributed by atoms with Crippen LogP contribution in [0.25, 0.3) is 4.83 Å². The van der Waals surface area contributed by atoms with Gasteiger partial charge in [-0.15, -0.1) is 11.3 Å². The Labute approximate surface area is 117 Å². The fraction of sp³-hybridized carbons (Fsp3) is 0.667. The summed E-state index contributed by atoms with van der Waals surface area (Å²) >= 11 is 1.83. The van der Waals surface area contributed by atoms with Gasteiger partial charge in [0.1, 0.15) is 17.3 Å². The predicted octanol–water partition coefficient (Wildman–Crippen LogP) is 3.89. The van der Waals surface area contributed by atoms with E-state index >= 15 is 0 Å². The number of aliphatic hydroxyl groups excluding tert-OH is 1. The SMILES string of the molecule is CC1([C@H](O)c2c(C3CC3)sc3cncn23)CCCC1. The minimum Gasteiger partial charge on any atom is -0.386 e. The molecule has 0 radical (unpaired) electrons. The second kappa shape index (κ2) is 4.06. The first-order valence-electron chi connectivity index (χ1n) is 7.32. The molecular formula is C15H20N2OS. The maximum absolute atomic E-state index is 11.0. The zero-order valence-electron chi connectivity index (χ0n) is 11.3. The Bertz CT molecular complexity index is 605. The molecule has 0 aliphatic heterocycles. The van der Waals surface area contributed by atoms with E-state index in [0.29, 0.717) is 5.92 Å². The van der Waals surface area contributed by atoms with Crippen LogP contribution in [0.5, 0.6) is 0 Å². The summed E-state index contributed by atoms with van der Waals surface area (Å²) in [6, 6.07) is 0. The Morgan fingerprint density at radius 1 is 1.42 bits per heavy atom. The number of aromatic nitrogens is 2. The van der Waals surface area contributed by atoms with E-state index in [-0.39, 0.29) is 11.5 Å². The summed E-state index contributed by atoms with van der Waals surface area (Å²) in [5.74, 6) is 0.694. The first-order valence-corrected chi connectivity index (χ1v) is 8.13. The van der Waals surface area contributed by atoms with Crippen molar-refractivity contribution in [2.24, 2.45) is 5.41 Å². The summed E-state index contributed by atoms with van der Waals surface area (Å²) in [5.41, 5.74) is 1.20. The topological polar surface area (TPSA) is 37.5 Å². The van der Waals surface area contributed by atoms with E-state index in [2.05, 4.69) is 16.3 Å². The van der Waals surface area contributed by atoms with Crippen molar-refractivity contribution in [2.75, 3.05) is 0 Å². The number of nitrogens with zero attached hydrogens (tertiary/aromatic N) is 2. The smallest absolute Gasteiger partial charge is 0.120 e. The Balaban J connectivity index is 1.83. The van der Waals surface area contributed by atoms with Crippen LogP contribution in [-0.4, -0.2) is 14.5 Å². The van der Waals surface area contributed by atoms with Gasteiger partial charge in [-0.05, 0) is 37.0 Å². The number of aliphatic hydroxyl groups is 1. The largest absolute Gasteiger partial charge is 0.386 e. The maximum atomic E-state index is 11.0. The standard InChI is InChI=1S/C15H20N2OS/c1-15(6-2-3-7-15)14(18)12-13(10-4-5-10)19-11-8-16-9-17(11)12/h8-10,14,18H,2-7H2,1H3/t14-/m1/s1. The molecule has 19 heavy (non-hydrogen) atoms. The van der Waals surface area contributed by atoms with Crippen LogP contribution < -0.4 is 0 Å². The van der Waals surface area contributed by atoms with Crippen molar-refractivity contribution < 1.29 is 5.11 Å². The summed E-state index contributed by atoms with van der Waals surface area (Å²) in [4.78, 5) is 6.83. The third kappa shape index (κ3) is 1.77. The summed E-state index contributed by atoms with van der Waals surface area (Å²) in [5, 5.41) is 11.0. The first-order chi connectivity index (χ1) is 9.19. The molecule has 2 aromatic heterocycles. The van der Waals surface area contributed by atoms with E-state index < -0.39 is 0 Å². The van der Waals surface area contributed by atoms with Crippen LogP contribution in [0.15, 0.2) is 12.5 Å². The number of hydrogen-bond acceptors (Lipinski definition) is 3. The van der Waals surface area contributed by atoms with Gasteiger partial charge in [-0.1, -0.05) is 19.8 Å². The quantitative estimate of drug-likeness (QED) is 0.923. The van der Waals surface area contributed by atoms with Gasteiger partial charge in [-0.2, -0.15) is 0 Å². The van der Waals surface area contributed by atoms with Crippen LogP contribution >= 0.6 is 11.3 Å². The van der Waals surface area contributed by atoms with Crippen molar-refractivity contribution in [2.45, 2.75) is 57.5 Å². The summed E-state index contributed by atoms with van der Waals surface area (Å²) < 4.78 is 2.13. The lowest BCUT2D eigenvalue weighted by Crippen LogP contribution is -2.24. The average Bonchev–Trinajstić information content (AvgIpc) is 2.83. The van der Waals surface area contributed by atoms with Gasteiger partial charge in [-0.3, -0.25) is 4.40 Å². The highest BCUT2D eigenvalue weighted by molar-refractivity contribution is 7.17. The third-order valence-electron chi connectivity index (χ3n) is 4.94. The lowest BCUT2D eigenvalue weighted by molar-refractivity contribution is 0.0362. The lowest BCUT2D eigenvalue weighted by atomic mass is 9.80. The molecule has 0 aromatic carbocycles. The van der Waals surface area contributed by atoms with E-state index in [1.54, 1.807) is 0 Å². The molecule has 102 valence electrons. The number of imidazole rings is 1. The minimum atomic E-state index is -0.339. The van der Waals surface area contributed by atoms with Gasteiger partial charge >= 0.3 is 0 Å². The Morgan fingerprint density at radius 2 is 2.16 bits per heavy atom. The summed E-state index contributed by atoms with van der Waals surface area (Å²) in [7, 11) is 0. The van der Waals surface area contributed by atoms with E-state index in [0.717, 1.165) is 18.5 Å². The summed E-state index contributed by atoms with van der Waals surface area (Å²) in [6.45, 7) is 2.25. The monoisotopic (exact) mass is 276 g/mol. The van der Waals surface area contributed by atoms with Crippen LogP contribution in [0, 0.1) is 5.41 Å². The van der Waals surface area contributed by atoms with Gasteiger partial charge < -0.3 is 5.11 Å². The molecule has 0 saturated heterocycles. The minimum absolute atomic E-state index is 0.0575. The number of fused-ring (bicyclic) bond motifs is 1.